The predicted molar refractivity (Wildman–Crippen MR) is 235 cm³/mol. The predicted octanol–water partition coefficient (Wildman–Crippen LogP) is 8.83. The largest absolute Gasteiger partial charge is 0.480 e. The van der Waals surface area contributed by atoms with Crippen molar-refractivity contribution >= 4 is 51.4 Å². The molecule has 2 aromatic heterocycles. The molecule has 0 saturated heterocycles. The number of carboxylic acid groups (broad SMARTS) is 1. The maximum absolute atomic E-state index is 14.0. The first-order valence-electron chi connectivity index (χ1n) is 20.1. The third-order valence-corrected chi connectivity index (χ3v) is 11.4. The van der Waals surface area contributed by atoms with Gasteiger partial charge in [0.1, 0.15) is 18.7 Å². The van der Waals surface area contributed by atoms with Crippen LogP contribution in [0.3, 0.4) is 0 Å². The van der Waals surface area contributed by atoms with E-state index in [9.17, 15) is 24.3 Å². The fraction of sp³-hybridized carbons (Fsp3) is 0.120. The van der Waals surface area contributed by atoms with Gasteiger partial charge in [0.05, 0.1) is 0 Å². The van der Waals surface area contributed by atoms with Gasteiger partial charge >= 0.3 is 12.1 Å². The summed E-state index contributed by atoms with van der Waals surface area (Å²) in [4.78, 5) is 59.1. The van der Waals surface area contributed by atoms with Crippen LogP contribution in [-0.2, 0) is 27.2 Å². The van der Waals surface area contributed by atoms with Crippen LogP contribution in [0.25, 0.3) is 44.1 Å². The molecule has 0 aliphatic heterocycles. The number of fused-ring (bicyclic) bond motifs is 5. The van der Waals surface area contributed by atoms with E-state index in [1.54, 1.807) is 42.6 Å². The van der Waals surface area contributed by atoms with Crippen molar-refractivity contribution in [3.63, 3.8) is 0 Å². The van der Waals surface area contributed by atoms with Gasteiger partial charge in [0.15, 0.2) is 0 Å². The van der Waals surface area contributed by atoms with E-state index in [-0.39, 0.29) is 25.4 Å². The number of carbonyl (C=O) groups excluding carboxylic acids is 3. The van der Waals surface area contributed by atoms with Gasteiger partial charge in [-0.2, -0.15) is 0 Å². The number of alkyl carbamates (subject to hydrolysis) is 1. The number of aromatic nitrogens is 2. The lowest BCUT2D eigenvalue weighted by Gasteiger charge is -2.20. The summed E-state index contributed by atoms with van der Waals surface area (Å²) in [6.45, 7) is 0.114. The summed E-state index contributed by atoms with van der Waals surface area (Å²) in [6.07, 6.45) is 3.27. The van der Waals surface area contributed by atoms with Crippen LogP contribution in [0.5, 0.6) is 0 Å². The molecule has 61 heavy (non-hydrogen) atoms. The number of rotatable bonds is 13. The number of aliphatic carboxylic acids is 1. The molecule has 1 aliphatic rings. The van der Waals surface area contributed by atoms with Gasteiger partial charge in [-0.05, 0) is 80.9 Å². The average molecular weight is 808 g/mol. The molecule has 9 rings (SSSR count). The van der Waals surface area contributed by atoms with E-state index in [1.165, 1.54) is 0 Å². The third kappa shape index (κ3) is 8.09. The van der Waals surface area contributed by atoms with E-state index >= 15 is 0 Å². The summed E-state index contributed by atoms with van der Waals surface area (Å²) >= 11 is 0. The van der Waals surface area contributed by atoms with Gasteiger partial charge < -0.3 is 35.8 Å². The van der Waals surface area contributed by atoms with Gasteiger partial charge in [-0.1, -0.05) is 109 Å². The Kier molecular flexibility index (Phi) is 10.6. The van der Waals surface area contributed by atoms with Crippen molar-refractivity contribution in [1.82, 2.24) is 20.6 Å². The maximum atomic E-state index is 14.0. The highest BCUT2D eigenvalue weighted by Gasteiger charge is 2.30. The Morgan fingerprint density at radius 3 is 1.67 bits per heavy atom. The average Bonchev–Trinajstić information content (AvgIpc) is 3.99. The first kappa shape index (κ1) is 38.6. The number of carbonyl (C=O) groups is 4. The number of para-hydroxylation sites is 2. The van der Waals surface area contributed by atoms with Gasteiger partial charge in [-0.15, -0.1) is 0 Å². The van der Waals surface area contributed by atoms with Gasteiger partial charge in [0.2, 0.25) is 5.91 Å². The normalized spacial score (nSPS) is 12.9. The molecule has 0 fully saturated rings. The number of ether oxygens (including phenoxy) is 1. The van der Waals surface area contributed by atoms with Crippen LogP contribution in [0.2, 0.25) is 0 Å². The molecule has 0 bridgehead atoms. The van der Waals surface area contributed by atoms with Crippen molar-refractivity contribution in [3.8, 4) is 22.3 Å². The standard InChI is InChI=1S/C50H41N5O6/c56-47(54-46(49(58)59)26-34-28-52-44-16-8-6-10-37(34)44)32-19-17-30(18-20-32)31-21-23-35(24-22-31)53-48(57)45(25-33-27-51-43-15-7-5-9-36(33)43)55-50(60)61-29-42-40-13-3-1-11-38(40)39-12-2-4-14-41(39)42/h1-24,27-28,42,45-46,51-52H,25-26,29H2,(H,53,57)(H,54,56)(H,55,60)(H,58,59). The molecule has 11 nitrogen and oxygen atoms in total. The molecule has 0 spiro atoms. The molecular weight excluding hydrogens is 767 g/mol. The number of anilines is 1. The van der Waals surface area contributed by atoms with Crippen molar-refractivity contribution in [2.24, 2.45) is 0 Å². The smallest absolute Gasteiger partial charge is 0.407 e. The molecule has 6 aromatic carbocycles. The third-order valence-electron chi connectivity index (χ3n) is 11.4. The fourth-order valence-electron chi connectivity index (χ4n) is 8.26. The zero-order chi connectivity index (χ0) is 41.9. The van der Waals surface area contributed by atoms with Crippen LogP contribution >= 0.6 is 0 Å². The molecule has 0 radical (unpaired) electrons. The highest BCUT2D eigenvalue weighted by Crippen LogP contribution is 2.44. The molecular formula is C50H41N5O6. The Morgan fingerprint density at radius 2 is 1.10 bits per heavy atom. The monoisotopic (exact) mass is 807 g/mol. The highest BCUT2D eigenvalue weighted by atomic mass is 16.5. The molecule has 2 unspecified atom stereocenters. The number of hydrogen-bond acceptors (Lipinski definition) is 5. The van der Waals surface area contributed by atoms with Crippen LogP contribution in [0, 0.1) is 0 Å². The molecule has 6 N–H and O–H groups in total. The van der Waals surface area contributed by atoms with Crippen molar-refractivity contribution in [1.29, 1.82) is 0 Å². The first-order valence-corrected chi connectivity index (χ1v) is 20.1. The van der Waals surface area contributed by atoms with Crippen LogP contribution in [-0.4, -0.2) is 57.6 Å². The van der Waals surface area contributed by atoms with E-state index in [4.69, 9.17) is 4.74 Å². The van der Waals surface area contributed by atoms with E-state index in [0.717, 1.165) is 66.3 Å². The van der Waals surface area contributed by atoms with E-state index in [1.807, 2.05) is 91.1 Å². The molecule has 11 heteroatoms. The van der Waals surface area contributed by atoms with Crippen molar-refractivity contribution < 1.29 is 29.0 Å². The topological polar surface area (TPSA) is 165 Å². The lowest BCUT2D eigenvalue weighted by molar-refractivity contribution is -0.139. The molecule has 302 valence electrons. The molecule has 2 heterocycles. The minimum Gasteiger partial charge on any atom is -0.480 e. The number of carboxylic acids is 1. The Hall–Kier alpha value is -7.92. The fourth-order valence-corrected chi connectivity index (χ4v) is 8.26. The second-order valence-electron chi connectivity index (χ2n) is 15.2. The van der Waals surface area contributed by atoms with E-state index < -0.39 is 36.0 Å². The number of amides is 3. The second-order valence-corrected chi connectivity index (χ2v) is 15.2. The Bertz CT molecular complexity index is 2870. The Labute approximate surface area is 350 Å². The number of benzene rings is 6. The van der Waals surface area contributed by atoms with Gasteiger partial charge in [-0.3, -0.25) is 9.59 Å². The summed E-state index contributed by atoms with van der Waals surface area (Å²) in [7, 11) is 0. The Balaban J connectivity index is 0.856. The minimum atomic E-state index is -1.13. The number of nitrogens with one attached hydrogen (secondary N) is 5. The van der Waals surface area contributed by atoms with Gasteiger partial charge in [0, 0.05) is 64.2 Å². The quantitative estimate of drug-likeness (QED) is 0.0682. The zero-order valence-corrected chi connectivity index (χ0v) is 32.9. The van der Waals surface area contributed by atoms with Crippen molar-refractivity contribution in [3.05, 3.63) is 186 Å². The SMILES string of the molecule is O=C(NC(Cc1c[nH]c2ccccc12)C(=O)Nc1ccc(-c2ccc(C(=O)NC(Cc3c[nH]c4ccccc34)C(=O)O)cc2)cc1)OCC1c2ccccc2-c2ccccc21. The van der Waals surface area contributed by atoms with Crippen LogP contribution in [0.1, 0.15) is 38.5 Å². The summed E-state index contributed by atoms with van der Waals surface area (Å²) in [6, 6.07) is 43.7. The summed E-state index contributed by atoms with van der Waals surface area (Å²) in [5.41, 5.74) is 10.4. The molecule has 3 amide bonds. The highest BCUT2D eigenvalue weighted by molar-refractivity contribution is 5.99. The lowest BCUT2D eigenvalue weighted by atomic mass is 9.98. The van der Waals surface area contributed by atoms with Crippen LogP contribution in [0.15, 0.2) is 158 Å². The van der Waals surface area contributed by atoms with Gasteiger partial charge in [0.25, 0.3) is 5.91 Å². The lowest BCUT2D eigenvalue weighted by Crippen LogP contribution is -2.45. The minimum absolute atomic E-state index is 0.114. The molecule has 2 atom stereocenters. The summed E-state index contributed by atoms with van der Waals surface area (Å²) in [5.74, 6) is -2.16. The number of H-pyrrole nitrogens is 2. The second kappa shape index (κ2) is 16.7. The molecule has 1 aliphatic carbocycles. The van der Waals surface area contributed by atoms with Crippen molar-refractivity contribution in [2.45, 2.75) is 30.8 Å². The number of hydrogen-bond donors (Lipinski definition) is 6. The van der Waals surface area contributed by atoms with Crippen LogP contribution < -0.4 is 16.0 Å². The van der Waals surface area contributed by atoms with E-state index in [2.05, 4.69) is 50.2 Å². The first-order chi connectivity index (χ1) is 29.8. The summed E-state index contributed by atoms with van der Waals surface area (Å²) in [5, 5.41) is 20.2. The van der Waals surface area contributed by atoms with E-state index in [0.29, 0.717) is 11.3 Å². The number of aromatic amines is 2. The Morgan fingerprint density at radius 1 is 0.590 bits per heavy atom. The molecule has 8 aromatic rings. The van der Waals surface area contributed by atoms with Crippen LogP contribution in [0.4, 0.5) is 10.5 Å². The zero-order valence-electron chi connectivity index (χ0n) is 32.9. The summed E-state index contributed by atoms with van der Waals surface area (Å²) < 4.78 is 5.84. The van der Waals surface area contributed by atoms with Gasteiger partial charge in [-0.25, -0.2) is 9.59 Å². The van der Waals surface area contributed by atoms with Crippen molar-refractivity contribution in [2.75, 3.05) is 11.9 Å². The molecule has 0 saturated carbocycles. The maximum Gasteiger partial charge on any atom is 0.407 e.